The number of amides is 4. The highest BCUT2D eigenvalue weighted by molar-refractivity contribution is 6.04. The van der Waals surface area contributed by atoms with Gasteiger partial charge in [0, 0.05) is 0 Å². The van der Waals surface area contributed by atoms with Crippen molar-refractivity contribution in [2.24, 2.45) is 0 Å². The van der Waals surface area contributed by atoms with Crippen molar-refractivity contribution in [2.45, 2.75) is 32.2 Å². The molecule has 112 valence electrons. The van der Waals surface area contributed by atoms with E-state index in [0.29, 0.717) is 12.8 Å². The summed E-state index contributed by atoms with van der Waals surface area (Å²) in [7, 11) is 1.24. The van der Waals surface area contributed by atoms with Crippen LogP contribution >= 0.6 is 0 Å². The minimum absolute atomic E-state index is 0.116. The summed E-state index contributed by atoms with van der Waals surface area (Å²) in [6.07, 6.45) is 1.06. The second-order valence-electron chi connectivity index (χ2n) is 4.76. The summed E-state index contributed by atoms with van der Waals surface area (Å²) < 4.78 is 4.67. The molecule has 1 saturated heterocycles. The SMILES string of the molecule is CCCC(C)(NC(=O)CN1C(=O)CNC1=O)C(=O)OC. The number of carbonyl (C=O) groups is 4. The van der Waals surface area contributed by atoms with Crippen LogP contribution in [0.3, 0.4) is 0 Å². The van der Waals surface area contributed by atoms with E-state index in [1.54, 1.807) is 6.92 Å². The molecule has 4 amide bonds. The van der Waals surface area contributed by atoms with Gasteiger partial charge in [0.2, 0.25) is 5.91 Å². The Labute approximate surface area is 116 Å². The summed E-state index contributed by atoms with van der Waals surface area (Å²) >= 11 is 0. The van der Waals surface area contributed by atoms with Gasteiger partial charge in [-0.05, 0) is 13.3 Å². The third kappa shape index (κ3) is 3.46. The average molecular weight is 285 g/mol. The van der Waals surface area contributed by atoms with E-state index in [9.17, 15) is 19.2 Å². The van der Waals surface area contributed by atoms with Gasteiger partial charge in [0.1, 0.15) is 12.1 Å². The number of hydrogen-bond acceptors (Lipinski definition) is 5. The summed E-state index contributed by atoms with van der Waals surface area (Å²) in [5, 5.41) is 4.84. The summed E-state index contributed by atoms with van der Waals surface area (Å²) in [5.41, 5.74) is -1.17. The highest BCUT2D eigenvalue weighted by Crippen LogP contribution is 2.14. The zero-order valence-corrected chi connectivity index (χ0v) is 11.8. The smallest absolute Gasteiger partial charge is 0.331 e. The molecule has 0 bridgehead atoms. The van der Waals surface area contributed by atoms with Crippen LogP contribution in [0.15, 0.2) is 0 Å². The van der Waals surface area contributed by atoms with Crippen LogP contribution < -0.4 is 10.6 Å². The van der Waals surface area contributed by atoms with Crippen molar-refractivity contribution < 1.29 is 23.9 Å². The highest BCUT2D eigenvalue weighted by atomic mass is 16.5. The third-order valence-electron chi connectivity index (χ3n) is 3.04. The van der Waals surface area contributed by atoms with Crippen molar-refractivity contribution in [3.63, 3.8) is 0 Å². The first-order chi connectivity index (χ1) is 9.34. The molecule has 8 heteroatoms. The number of nitrogens with one attached hydrogen (secondary N) is 2. The number of rotatable bonds is 6. The molecule has 0 aromatic carbocycles. The topological polar surface area (TPSA) is 105 Å². The van der Waals surface area contributed by atoms with Crippen LogP contribution in [0.25, 0.3) is 0 Å². The summed E-state index contributed by atoms with van der Waals surface area (Å²) in [6.45, 7) is 2.88. The number of urea groups is 1. The average Bonchev–Trinajstić information content (AvgIpc) is 2.69. The number of imide groups is 1. The van der Waals surface area contributed by atoms with E-state index in [0.717, 1.165) is 4.90 Å². The Morgan fingerprint density at radius 3 is 2.55 bits per heavy atom. The maximum atomic E-state index is 11.9. The number of ether oxygens (including phenoxy) is 1. The third-order valence-corrected chi connectivity index (χ3v) is 3.04. The molecular formula is C12H19N3O5. The maximum Gasteiger partial charge on any atom is 0.331 e. The van der Waals surface area contributed by atoms with Crippen LogP contribution in [0, 0.1) is 0 Å². The first-order valence-electron chi connectivity index (χ1n) is 6.31. The van der Waals surface area contributed by atoms with Crippen molar-refractivity contribution in [1.82, 2.24) is 15.5 Å². The van der Waals surface area contributed by atoms with Gasteiger partial charge in [0.05, 0.1) is 13.7 Å². The molecule has 1 aliphatic heterocycles. The number of esters is 1. The van der Waals surface area contributed by atoms with Gasteiger partial charge in [-0.3, -0.25) is 14.5 Å². The largest absolute Gasteiger partial charge is 0.467 e. The second-order valence-corrected chi connectivity index (χ2v) is 4.76. The Kier molecular flexibility index (Phi) is 5.06. The Balaban J connectivity index is 2.69. The maximum absolute atomic E-state index is 11.9. The lowest BCUT2D eigenvalue weighted by Crippen LogP contribution is -2.55. The van der Waals surface area contributed by atoms with E-state index >= 15 is 0 Å². The van der Waals surface area contributed by atoms with Crippen LogP contribution in [-0.4, -0.2) is 54.5 Å². The van der Waals surface area contributed by atoms with Crippen LogP contribution in [0.5, 0.6) is 0 Å². The molecule has 2 N–H and O–H groups in total. The molecule has 20 heavy (non-hydrogen) atoms. The quantitative estimate of drug-likeness (QED) is 0.500. The van der Waals surface area contributed by atoms with Crippen molar-refractivity contribution in [3.8, 4) is 0 Å². The lowest BCUT2D eigenvalue weighted by atomic mass is 9.96. The lowest BCUT2D eigenvalue weighted by Gasteiger charge is -2.28. The molecule has 1 aliphatic rings. The van der Waals surface area contributed by atoms with E-state index in [1.807, 2.05) is 6.92 Å². The fourth-order valence-corrected chi connectivity index (χ4v) is 2.05. The Morgan fingerprint density at radius 1 is 1.45 bits per heavy atom. The molecular weight excluding hydrogens is 266 g/mol. The number of nitrogens with zero attached hydrogens (tertiary/aromatic N) is 1. The van der Waals surface area contributed by atoms with Crippen LogP contribution in [0.4, 0.5) is 4.79 Å². The van der Waals surface area contributed by atoms with E-state index in [1.165, 1.54) is 7.11 Å². The fraction of sp³-hybridized carbons (Fsp3) is 0.667. The predicted octanol–water partition coefficient (Wildman–Crippen LogP) is -0.614. The van der Waals surface area contributed by atoms with E-state index < -0.39 is 35.9 Å². The molecule has 8 nitrogen and oxygen atoms in total. The molecule has 0 aromatic rings. The molecule has 0 saturated carbocycles. The minimum Gasteiger partial charge on any atom is -0.467 e. The van der Waals surface area contributed by atoms with E-state index in [2.05, 4.69) is 15.4 Å². The molecule has 0 aromatic heterocycles. The van der Waals surface area contributed by atoms with Gasteiger partial charge in [-0.1, -0.05) is 13.3 Å². The van der Waals surface area contributed by atoms with Gasteiger partial charge in [0.15, 0.2) is 0 Å². The van der Waals surface area contributed by atoms with Crippen molar-refractivity contribution >= 4 is 23.8 Å². The molecule has 1 heterocycles. The van der Waals surface area contributed by atoms with Crippen molar-refractivity contribution in [2.75, 3.05) is 20.2 Å². The second kappa shape index (κ2) is 6.36. The van der Waals surface area contributed by atoms with Crippen molar-refractivity contribution in [3.05, 3.63) is 0 Å². The van der Waals surface area contributed by atoms with E-state index in [-0.39, 0.29) is 6.54 Å². The lowest BCUT2D eigenvalue weighted by molar-refractivity contribution is -0.150. The summed E-state index contributed by atoms with van der Waals surface area (Å²) in [4.78, 5) is 47.1. The van der Waals surface area contributed by atoms with Crippen LogP contribution in [0.1, 0.15) is 26.7 Å². The van der Waals surface area contributed by atoms with Gasteiger partial charge in [-0.15, -0.1) is 0 Å². The number of carbonyl (C=O) groups excluding carboxylic acids is 4. The normalized spacial score (nSPS) is 17.4. The molecule has 1 atom stereocenters. The zero-order chi connectivity index (χ0) is 15.3. The van der Waals surface area contributed by atoms with Gasteiger partial charge in [-0.25, -0.2) is 9.59 Å². The van der Waals surface area contributed by atoms with Crippen molar-refractivity contribution in [1.29, 1.82) is 0 Å². The Morgan fingerprint density at radius 2 is 2.10 bits per heavy atom. The van der Waals surface area contributed by atoms with Crippen LogP contribution in [0.2, 0.25) is 0 Å². The molecule has 1 rings (SSSR count). The monoisotopic (exact) mass is 285 g/mol. The first kappa shape index (κ1) is 15.9. The Bertz CT molecular complexity index is 421. The minimum atomic E-state index is -1.17. The van der Waals surface area contributed by atoms with Gasteiger partial charge in [0.25, 0.3) is 5.91 Å². The number of hydrogen-bond donors (Lipinski definition) is 2. The summed E-state index contributed by atoms with van der Waals surface area (Å²) in [5.74, 6) is -1.62. The molecule has 1 unspecified atom stereocenters. The Hall–Kier alpha value is -2.12. The van der Waals surface area contributed by atoms with Gasteiger partial charge < -0.3 is 15.4 Å². The molecule has 0 radical (unpaired) electrons. The summed E-state index contributed by atoms with van der Waals surface area (Å²) in [6, 6.07) is -0.611. The number of methoxy groups -OCH3 is 1. The van der Waals surface area contributed by atoms with Crippen LogP contribution in [-0.2, 0) is 19.1 Å². The molecule has 1 fully saturated rings. The fourth-order valence-electron chi connectivity index (χ4n) is 2.05. The van der Waals surface area contributed by atoms with Gasteiger partial charge in [-0.2, -0.15) is 0 Å². The van der Waals surface area contributed by atoms with Gasteiger partial charge >= 0.3 is 12.0 Å². The molecule has 0 spiro atoms. The standard InChI is InChI=1S/C12H19N3O5/c1-4-5-12(2,10(18)20-3)14-8(16)7-15-9(17)6-13-11(15)19/h4-7H2,1-3H3,(H,13,19)(H,14,16). The highest BCUT2D eigenvalue weighted by Gasteiger charge is 2.37. The zero-order valence-electron chi connectivity index (χ0n) is 11.8. The van der Waals surface area contributed by atoms with E-state index in [4.69, 9.17) is 0 Å². The predicted molar refractivity (Wildman–Crippen MR) is 68.6 cm³/mol. The molecule has 0 aliphatic carbocycles. The first-order valence-corrected chi connectivity index (χ1v) is 6.31.